The topological polar surface area (TPSA) is 58.2 Å². The Morgan fingerprint density at radius 2 is 2.21 bits per heavy atom. The molecule has 1 N–H and O–H groups in total. The van der Waals surface area contributed by atoms with Gasteiger partial charge < -0.3 is 9.64 Å². The number of piperidine rings is 1. The minimum atomic E-state index is 0.175. The number of H-pyrrole nitrogens is 1. The van der Waals surface area contributed by atoms with E-state index >= 15 is 0 Å². The van der Waals surface area contributed by atoms with E-state index in [1.807, 2.05) is 11.0 Å². The third-order valence-electron chi connectivity index (χ3n) is 4.27. The third-order valence-corrected chi connectivity index (χ3v) is 4.27. The Morgan fingerprint density at radius 3 is 2.95 bits per heavy atom. The summed E-state index contributed by atoms with van der Waals surface area (Å²) in [6, 6.07) is 2.02. The molecule has 1 aromatic rings. The Bertz CT molecular complexity index is 412. The van der Waals surface area contributed by atoms with Gasteiger partial charge in [-0.25, -0.2) is 0 Å². The summed E-state index contributed by atoms with van der Waals surface area (Å²) in [5.41, 5.74) is 1.16. The van der Waals surface area contributed by atoms with Crippen molar-refractivity contribution in [3.63, 3.8) is 0 Å². The molecule has 5 heteroatoms. The Labute approximate surface area is 113 Å². The first-order valence-corrected chi connectivity index (χ1v) is 7.20. The highest BCUT2D eigenvalue weighted by Crippen LogP contribution is 2.27. The zero-order valence-electron chi connectivity index (χ0n) is 11.2. The molecule has 0 unspecified atom stereocenters. The molecule has 104 valence electrons. The zero-order valence-corrected chi connectivity index (χ0v) is 11.2. The molecule has 0 aliphatic carbocycles. The van der Waals surface area contributed by atoms with Gasteiger partial charge in [0, 0.05) is 50.0 Å². The van der Waals surface area contributed by atoms with Crippen molar-refractivity contribution in [3.05, 3.63) is 18.0 Å². The molecule has 0 spiro atoms. The number of hydrogen-bond donors (Lipinski definition) is 1. The first-order valence-electron chi connectivity index (χ1n) is 7.20. The minimum Gasteiger partial charge on any atom is -0.381 e. The second kappa shape index (κ2) is 5.74. The number of hydrogen-bond acceptors (Lipinski definition) is 3. The zero-order chi connectivity index (χ0) is 13.1. The van der Waals surface area contributed by atoms with Crippen molar-refractivity contribution in [2.75, 3.05) is 26.3 Å². The monoisotopic (exact) mass is 263 g/mol. The van der Waals surface area contributed by atoms with Gasteiger partial charge in [-0.1, -0.05) is 0 Å². The Hall–Kier alpha value is -1.36. The maximum absolute atomic E-state index is 12.5. The summed E-state index contributed by atoms with van der Waals surface area (Å²) in [6.07, 6.45) is 5.76. The molecule has 1 atom stereocenters. The van der Waals surface area contributed by atoms with Crippen molar-refractivity contribution < 1.29 is 9.53 Å². The molecule has 2 saturated heterocycles. The number of likely N-dealkylation sites (tertiary alicyclic amines) is 1. The van der Waals surface area contributed by atoms with Crippen molar-refractivity contribution in [3.8, 4) is 0 Å². The maximum Gasteiger partial charge on any atom is 0.225 e. The average Bonchev–Trinajstić information content (AvgIpc) is 3.02. The molecule has 19 heavy (non-hydrogen) atoms. The minimum absolute atomic E-state index is 0.175. The molecule has 0 radical (unpaired) electrons. The number of rotatable bonds is 2. The number of nitrogens with zero attached hydrogens (tertiary/aromatic N) is 2. The van der Waals surface area contributed by atoms with Crippen LogP contribution in [0, 0.1) is 5.92 Å². The highest BCUT2D eigenvalue weighted by Gasteiger charge is 2.30. The lowest BCUT2D eigenvalue weighted by atomic mass is 9.92. The van der Waals surface area contributed by atoms with E-state index in [4.69, 9.17) is 4.74 Å². The molecule has 5 nitrogen and oxygen atoms in total. The van der Waals surface area contributed by atoms with E-state index in [2.05, 4.69) is 10.2 Å². The fraction of sp³-hybridized carbons (Fsp3) is 0.714. The normalized spacial score (nSPS) is 25.5. The van der Waals surface area contributed by atoms with Crippen LogP contribution in [0.25, 0.3) is 0 Å². The van der Waals surface area contributed by atoms with E-state index in [9.17, 15) is 4.79 Å². The van der Waals surface area contributed by atoms with Crippen molar-refractivity contribution in [1.29, 1.82) is 0 Å². The second-order valence-corrected chi connectivity index (χ2v) is 5.52. The number of amides is 1. The highest BCUT2D eigenvalue weighted by molar-refractivity contribution is 5.79. The highest BCUT2D eigenvalue weighted by atomic mass is 16.5. The van der Waals surface area contributed by atoms with Gasteiger partial charge in [0.25, 0.3) is 0 Å². The Balaban J connectivity index is 1.62. The van der Waals surface area contributed by atoms with E-state index in [0.29, 0.717) is 11.8 Å². The van der Waals surface area contributed by atoms with Crippen molar-refractivity contribution in [1.82, 2.24) is 15.1 Å². The molecule has 2 aliphatic heterocycles. The fourth-order valence-electron chi connectivity index (χ4n) is 3.13. The van der Waals surface area contributed by atoms with Crippen LogP contribution >= 0.6 is 0 Å². The smallest absolute Gasteiger partial charge is 0.225 e. The van der Waals surface area contributed by atoms with Crippen LogP contribution in [0.5, 0.6) is 0 Å². The van der Waals surface area contributed by atoms with E-state index < -0.39 is 0 Å². The van der Waals surface area contributed by atoms with Crippen LogP contribution in [0.1, 0.15) is 37.3 Å². The summed E-state index contributed by atoms with van der Waals surface area (Å²) in [4.78, 5) is 14.6. The Morgan fingerprint density at radius 1 is 1.37 bits per heavy atom. The summed E-state index contributed by atoms with van der Waals surface area (Å²) < 4.78 is 5.33. The molecule has 1 amide bonds. The van der Waals surface area contributed by atoms with Gasteiger partial charge in [0.1, 0.15) is 0 Å². The molecular formula is C14H21N3O2. The van der Waals surface area contributed by atoms with Crippen LogP contribution in [0.3, 0.4) is 0 Å². The summed E-state index contributed by atoms with van der Waals surface area (Å²) in [5, 5.41) is 7.05. The van der Waals surface area contributed by atoms with Crippen molar-refractivity contribution >= 4 is 5.91 Å². The maximum atomic E-state index is 12.5. The molecule has 1 aromatic heterocycles. The largest absolute Gasteiger partial charge is 0.381 e. The Kier molecular flexibility index (Phi) is 3.82. The number of nitrogens with one attached hydrogen (secondary N) is 1. The van der Waals surface area contributed by atoms with E-state index in [-0.39, 0.29) is 5.92 Å². The van der Waals surface area contributed by atoms with Gasteiger partial charge in [0.05, 0.1) is 0 Å². The number of aromatic nitrogens is 2. The standard InChI is InChI=1S/C14H21N3O2/c18-14(11-4-8-19-9-5-11)17-7-1-2-12(10-17)13-3-6-15-16-13/h3,6,11-12H,1-2,4-5,7-10H2,(H,15,16)/t12-/m1/s1. The van der Waals surface area contributed by atoms with Gasteiger partial charge in [-0.3, -0.25) is 9.89 Å². The van der Waals surface area contributed by atoms with Gasteiger partial charge in [-0.05, 0) is 31.7 Å². The van der Waals surface area contributed by atoms with Crippen LogP contribution in [0.2, 0.25) is 0 Å². The van der Waals surface area contributed by atoms with Gasteiger partial charge in [0.2, 0.25) is 5.91 Å². The molecule has 0 saturated carbocycles. The number of carbonyl (C=O) groups is 1. The predicted molar refractivity (Wildman–Crippen MR) is 70.7 cm³/mol. The summed E-state index contributed by atoms with van der Waals surface area (Å²) in [5.74, 6) is 0.918. The lowest BCUT2D eigenvalue weighted by molar-refractivity contribution is -0.139. The van der Waals surface area contributed by atoms with Crippen LogP contribution in [0.15, 0.2) is 12.3 Å². The first kappa shape index (κ1) is 12.7. The number of ether oxygens (including phenoxy) is 1. The fourth-order valence-corrected chi connectivity index (χ4v) is 3.13. The summed E-state index contributed by atoms with van der Waals surface area (Å²) >= 11 is 0. The van der Waals surface area contributed by atoms with Crippen LogP contribution in [-0.4, -0.2) is 47.3 Å². The van der Waals surface area contributed by atoms with Crippen LogP contribution < -0.4 is 0 Å². The number of aromatic amines is 1. The van der Waals surface area contributed by atoms with E-state index in [0.717, 1.165) is 57.7 Å². The molecular weight excluding hydrogens is 242 g/mol. The van der Waals surface area contributed by atoms with E-state index in [1.165, 1.54) is 0 Å². The van der Waals surface area contributed by atoms with Crippen molar-refractivity contribution in [2.24, 2.45) is 5.92 Å². The van der Waals surface area contributed by atoms with E-state index in [1.54, 1.807) is 6.20 Å². The van der Waals surface area contributed by atoms with Crippen molar-refractivity contribution in [2.45, 2.75) is 31.6 Å². The lowest BCUT2D eigenvalue weighted by Crippen LogP contribution is -2.43. The predicted octanol–water partition coefficient (Wildman–Crippen LogP) is 1.54. The van der Waals surface area contributed by atoms with Crippen LogP contribution in [0.4, 0.5) is 0 Å². The third kappa shape index (κ3) is 2.81. The van der Waals surface area contributed by atoms with Crippen LogP contribution in [-0.2, 0) is 9.53 Å². The number of carbonyl (C=O) groups excluding carboxylic acids is 1. The molecule has 3 rings (SSSR count). The second-order valence-electron chi connectivity index (χ2n) is 5.52. The quantitative estimate of drug-likeness (QED) is 0.880. The first-order chi connectivity index (χ1) is 9.34. The van der Waals surface area contributed by atoms with Gasteiger partial charge in [0.15, 0.2) is 0 Å². The van der Waals surface area contributed by atoms with Gasteiger partial charge in [-0.15, -0.1) is 0 Å². The molecule has 3 heterocycles. The average molecular weight is 263 g/mol. The molecule has 2 fully saturated rings. The summed E-state index contributed by atoms with van der Waals surface area (Å²) in [7, 11) is 0. The summed E-state index contributed by atoms with van der Waals surface area (Å²) in [6.45, 7) is 3.20. The van der Waals surface area contributed by atoms with Gasteiger partial charge in [-0.2, -0.15) is 5.10 Å². The molecule has 2 aliphatic rings. The van der Waals surface area contributed by atoms with Gasteiger partial charge >= 0.3 is 0 Å². The lowest BCUT2D eigenvalue weighted by Gasteiger charge is -2.35. The molecule has 0 bridgehead atoms. The SMILES string of the molecule is O=C(C1CCOCC1)N1CCC[C@@H](c2ccn[nH]2)C1. The molecule has 0 aromatic carbocycles.